The number of hydrogen-bond acceptors (Lipinski definition) is 4. The Labute approximate surface area is 91.5 Å². The van der Waals surface area contributed by atoms with Gasteiger partial charge in [0.1, 0.15) is 6.33 Å². The van der Waals surface area contributed by atoms with E-state index in [1.807, 2.05) is 6.07 Å². The lowest BCUT2D eigenvalue weighted by Crippen LogP contribution is -2.33. The molecule has 0 aliphatic rings. The van der Waals surface area contributed by atoms with Crippen LogP contribution < -0.4 is 5.73 Å². The van der Waals surface area contributed by atoms with Crippen LogP contribution in [0.5, 0.6) is 0 Å². The molecule has 15 heavy (non-hydrogen) atoms. The molecular formula is C11H20N4. The molecule has 1 unspecified atom stereocenters. The Kier molecular flexibility index (Phi) is 4.65. The van der Waals surface area contributed by atoms with Crippen molar-refractivity contribution in [3.63, 3.8) is 0 Å². The molecule has 1 heterocycles. The third kappa shape index (κ3) is 3.57. The van der Waals surface area contributed by atoms with Crippen LogP contribution in [0.25, 0.3) is 0 Å². The molecule has 1 aromatic rings. The van der Waals surface area contributed by atoms with Gasteiger partial charge in [-0.2, -0.15) is 0 Å². The highest BCUT2D eigenvalue weighted by molar-refractivity contribution is 5.05. The van der Waals surface area contributed by atoms with Gasteiger partial charge in [0.05, 0.1) is 11.7 Å². The molecule has 0 spiro atoms. The Bertz CT molecular complexity index is 273. The number of likely N-dealkylation sites (N-methyl/N-ethyl adjacent to an activating group) is 1. The third-order valence-corrected chi connectivity index (χ3v) is 2.35. The molecule has 4 heteroatoms. The van der Waals surface area contributed by atoms with Crippen molar-refractivity contribution in [2.75, 3.05) is 20.1 Å². The lowest BCUT2D eigenvalue weighted by atomic mass is 10.1. The van der Waals surface area contributed by atoms with E-state index in [1.165, 1.54) is 0 Å². The van der Waals surface area contributed by atoms with Crippen LogP contribution in [0.15, 0.2) is 18.6 Å². The van der Waals surface area contributed by atoms with Gasteiger partial charge in [-0.3, -0.25) is 4.90 Å². The smallest absolute Gasteiger partial charge is 0.115 e. The molecule has 1 aromatic heterocycles. The maximum absolute atomic E-state index is 5.78. The van der Waals surface area contributed by atoms with Crippen LogP contribution in [0.2, 0.25) is 0 Å². The second kappa shape index (κ2) is 5.78. The summed E-state index contributed by atoms with van der Waals surface area (Å²) in [5.74, 6) is 0.630. The van der Waals surface area contributed by atoms with Crippen LogP contribution in [0, 0.1) is 5.92 Å². The maximum Gasteiger partial charge on any atom is 0.115 e. The first-order chi connectivity index (χ1) is 7.15. The number of nitrogens with two attached hydrogens (primary N) is 1. The largest absolute Gasteiger partial charge is 0.329 e. The summed E-state index contributed by atoms with van der Waals surface area (Å²) in [7, 11) is 2.08. The van der Waals surface area contributed by atoms with Crippen LogP contribution in [-0.2, 0) is 0 Å². The van der Waals surface area contributed by atoms with E-state index >= 15 is 0 Å². The summed E-state index contributed by atoms with van der Waals surface area (Å²) in [4.78, 5) is 10.4. The molecule has 4 nitrogen and oxygen atoms in total. The SMILES string of the molecule is CC(C)CN(C)C(CN)c1ccncn1. The molecule has 0 bridgehead atoms. The molecule has 0 aromatic carbocycles. The highest BCUT2D eigenvalue weighted by Gasteiger charge is 2.16. The Morgan fingerprint density at radius 1 is 1.47 bits per heavy atom. The third-order valence-electron chi connectivity index (χ3n) is 2.35. The zero-order chi connectivity index (χ0) is 11.3. The quantitative estimate of drug-likeness (QED) is 0.786. The van der Waals surface area contributed by atoms with E-state index in [0.717, 1.165) is 12.2 Å². The fourth-order valence-electron chi connectivity index (χ4n) is 1.73. The van der Waals surface area contributed by atoms with E-state index in [9.17, 15) is 0 Å². The summed E-state index contributed by atoms with van der Waals surface area (Å²) in [6.45, 7) is 6.00. The second-order valence-electron chi connectivity index (χ2n) is 4.22. The van der Waals surface area contributed by atoms with Crippen molar-refractivity contribution in [3.05, 3.63) is 24.3 Å². The van der Waals surface area contributed by atoms with Gasteiger partial charge in [-0.05, 0) is 19.0 Å². The Hall–Kier alpha value is -1.00. The molecule has 0 aliphatic carbocycles. The van der Waals surface area contributed by atoms with Gasteiger partial charge in [0.2, 0.25) is 0 Å². The number of aromatic nitrogens is 2. The first-order valence-corrected chi connectivity index (χ1v) is 5.31. The summed E-state index contributed by atoms with van der Waals surface area (Å²) < 4.78 is 0. The molecule has 0 amide bonds. The minimum Gasteiger partial charge on any atom is -0.329 e. The van der Waals surface area contributed by atoms with Gasteiger partial charge >= 0.3 is 0 Å². The lowest BCUT2D eigenvalue weighted by Gasteiger charge is -2.27. The van der Waals surface area contributed by atoms with Gasteiger partial charge in [0, 0.05) is 19.3 Å². The summed E-state index contributed by atoms with van der Waals surface area (Å²) in [6.07, 6.45) is 3.33. The normalized spacial score (nSPS) is 13.5. The predicted molar refractivity (Wildman–Crippen MR) is 61.3 cm³/mol. The first-order valence-electron chi connectivity index (χ1n) is 5.31. The molecule has 84 valence electrons. The molecule has 0 aliphatic heterocycles. The Morgan fingerprint density at radius 3 is 2.67 bits per heavy atom. The molecule has 1 rings (SSSR count). The van der Waals surface area contributed by atoms with E-state index in [4.69, 9.17) is 5.73 Å². The van der Waals surface area contributed by atoms with Gasteiger partial charge in [-0.25, -0.2) is 9.97 Å². The zero-order valence-electron chi connectivity index (χ0n) is 9.72. The molecule has 0 radical (unpaired) electrons. The Morgan fingerprint density at radius 2 is 2.20 bits per heavy atom. The highest BCUT2D eigenvalue weighted by atomic mass is 15.1. The minimum absolute atomic E-state index is 0.190. The number of hydrogen-bond donors (Lipinski definition) is 1. The van der Waals surface area contributed by atoms with E-state index in [1.54, 1.807) is 12.5 Å². The van der Waals surface area contributed by atoms with Gasteiger partial charge in [-0.1, -0.05) is 13.8 Å². The molecule has 0 saturated heterocycles. The van der Waals surface area contributed by atoms with Crippen molar-refractivity contribution in [2.45, 2.75) is 19.9 Å². The fourth-order valence-corrected chi connectivity index (χ4v) is 1.73. The standard InChI is InChI=1S/C11H20N4/c1-9(2)7-15(3)11(6-12)10-4-5-13-8-14-10/h4-5,8-9,11H,6-7,12H2,1-3H3. The van der Waals surface area contributed by atoms with Crippen LogP contribution in [0.4, 0.5) is 0 Å². The van der Waals surface area contributed by atoms with Gasteiger partial charge in [-0.15, -0.1) is 0 Å². The monoisotopic (exact) mass is 208 g/mol. The van der Waals surface area contributed by atoms with E-state index in [2.05, 4.69) is 35.8 Å². The number of nitrogens with zero attached hydrogens (tertiary/aromatic N) is 3. The van der Waals surface area contributed by atoms with Gasteiger partial charge in [0.15, 0.2) is 0 Å². The topological polar surface area (TPSA) is 55.0 Å². The maximum atomic E-state index is 5.78. The summed E-state index contributed by atoms with van der Waals surface area (Å²) in [6, 6.07) is 2.12. The van der Waals surface area contributed by atoms with Crippen LogP contribution in [0.1, 0.15) is 25.6 Å². The van der Waals surface area contributed by atoms with Crippen LogP contribution >= 0.6 is 0 Å². The average Bonchev–Trinajstić information content (AvgIpc) is 2.19. The fraction of sp³-hybridized carbons (Fsp3) is 0.636. The molecule has 0 fully saturated rings. The van der Waals surface area contributed by atoms with Crippen LogP contribution in [-0.4, -0.2) is 35.0 Å². The van der Waals surface area contributed by atoms with Crippen molar-refractivity contribution in [3.8, 4) is 0 Å². The molecule has 1 atom stereocenters. The first kappa shape index (κ1) is 12.1. The summed E-state index contributed by atoms with van der Waals surface area (Å²) in [5.41, 5.74) is 6.78. The second-order valence-corrected chi connectivity index (χ2v) is 4.22. The van der Waals surface area contributed by atoms with Crippen molar-refractivity contribution in [1.82, 2.24) is 14.9 Å². The minimum atomic E-state index is 0.190. The molecule has 0 saturated carbocycles. The molecular weight excluding hydrogens is 188 g/mol. The van der Waals surface area contributed by atoms with E-state index in [-0.39, 0.29) is 6.04 Å². The predicted octanol–water partition coefficient (Wildman–Crippen LogP) is 1.06. The zero-order valence-corrected chi connectivity index (χ0v) is 9.72. The van der Waals surface area contributed by atoms with Crippen molar-refractivity contribution >= 4 is 0 Å². The van der Waals surface area contributed by atoms with Gasteiger partial charge < -0.3 is 5.73 Å². The highest BCUT2D eigenvalue weighted by Crippen LogP contribution is 2.15. The lowest BCUT2D eigenvalue weighted by molar-refractivity contribution is 0.220. The van der Waals surface area contributed by atoms with Crippen molar-refractivity contribution in [2.24, 2.45) is 11.7 Å². The number of rotatable bonds is 5. The van der Waals surface area contributed by atoms with Crippen molar-refractivity contribution < 1.29 is 0 Å². The average molecular weight is 208 g/mol. The van der Waals surface area contributed by atoms with E-state index < -0.39 is 0 Å². The Balaban J connectivity index is 2.71. The van der Waals surface area contributed by atoms with Crippen molar-refractivity contribution in [1.29, 1.82) is 0 Å². The summed E-state index contributed by atoms with van der Waals surface area (Å²) >= 11 is 0. The molecule has 2 N–H and O–H groups in total. The van der Waals surface area contributed by atoms with Gasteiger partial charge in [0.25, 0.3) is 0 Å². The van der Waals surface area contributed by atoms with Crippen LogP contribution in [0.3, 0.4) is 0 Å². The van der Waals surface area contributed by atoms with E-state index in [0.29, 0.717) is 12.5 Å². The summed E-state index contributed by atoms with van der Waals surface area (Å²) in [5, 5.41) is 0.